The van der Waals surface area contributed by atoms with Crippen molar-refractivity contribution in [2.75, 3.05) is 35.8 Å². The Hall–Kier alpha value is -3.10. The van der Waals surface area contributed by atoms with Crippen molar-refractivity contribution >= 4 is 39.0 Å². The summed E-state index contributed by atoms with van der Waals surface area (Å²) in [7, 11) is -3.83. The number of anilines is 2. The van der Waals surface area contributed by atoms with E-state index in [1.165, 1.54) is 12.1 Å². The Labute approximate surface area is 199 Å². The Morgan fingerprint density at radius 2 is 1.67 bits per heavy atom. The molecular formula is C24H25ClN4O3S. The van der Waals surface area contributed by atoms with Gasteiger partial charge in [-0.05, 0) is 55.8 Å². The number of benzene rings is 2. The molecule has 1 amide bonds. The molecule has 172 valence electrons. The molecule has 1 aliphatic heterocycles. The molecule has 0 atom stereocenters. The maximum atomic E-state index is 13.2. The van der Waals surface area contributed by atoms with Crippen LogP contribution in [-0.2, 0) is 10.0 Å². The normalized spacial score (nSPS) is 14.3. The van der Waals surface area contributed by atoms with Crippen molar-refractivity contribution in [2.45, 2.75) is 18.7 Å². The molecule has 3 aromatic rings. The maximum Gasteiger partial charge on any atom is 0.261 e. The maximum absolute atomic E-state index is 13.2. The Morgan fingerprint density at radius 1 is 0.970 bits per heavy atom. The van der Waals surface area contributed by atoms with Gasteiger partial charge >= 0.3 is 0 Å². The fourth-order valence-corrected chi connectivity index (χ4v) is 4.89. The van der Waals surface area contributed by atoms with Crippen molar-refractivity contribution in [3.05, 3.63) is 82.5 Å². The highest BCUT2D eigenvalue weighted by atomic mass is 35.5. The topological polar surface area (TPSA) is 82.6 Å². The Kier molecular flexibility index (Phi) is 6.58. The minimum atomic E-state index is -3.83. The van der Waals surface area contributed by atoms with Crippen LogP contribution in [0.15, 0.2) is 65.7 Å². The van der Waals surface area contributed by atoms with Crippen molar-refractivity contribution in [1.29, 1.82) is 0 Å². The van der Waals surface area contributed by atoms with Gasteiger partial charge in [-0.3, -0.25) is 9.52 Å². The molecule has 0 spiro atoms. The average Bonchev–Trinajstić information content (AvgIpc) is 2.81. The highest BCUT2D eigenvalue weighted by Crippen LogP contribution is 2.22. The van der Waals surface area contributed by atoms with Gasteiger partial charge in [-0.25, -0.2) is 13.4 Å². The van der Waals surface area contributed by atoms with Crippen LogP contribution in [0.3, 0.4) is 0 Å². The number of hydrogen-bond acceptors (Lipinski definition) is 5. The quantitative estimate of drug-likeness (QED) is 0.589. The van der Waals surface area contributed by atoms with Gasteiger partial charge in [-0.15, -0.1) is 0 Å². The molecule has 2 aromatic carbocycles. The molecule has 1 aromatic heterocycles. The van der Waals surface area contributed by atoms with Crippen LogP contribution < -0.4 is 9.62 Å². The van der Waals surface area contributed by atoms with Crippen LogP contribution in [0.25, 0.3) is 0 Å². The minimum Gasteiger partial charge on any atom is -0.353 e. The molecule has 1 aliphatic rings. The van der Waals surface area contributed by atoms with E-state index in [0.29, 0.717) is 42.5 Å². The number of carbonyl (C=O) groups is 1. The summed E-state index contributed by atoms with van der Waals surface area (Å²) in [6.07, 6.45) is 1.61. The summed E-state index contributed by atoms with van der Waals surface area (Å²) in [6, 6.07) is 15.4. The van der Waals surface area contributed by atoms with Gasteiger partial charge in [0.25, 0.3) is 15.9 Å². The summed E-state index contributed by atoms with van der Waals surface area (Å²) in [6.45, 7) is 6.04. The standard InChI is InChI=1S/C24H25ClN4O3S/c1-17-3-7-20(8-4-17)27-33(31,32)21-9-5-18(2)22(15-21)24(30)29-13-11-28(12-14-29)23-10-6-19(25)16-26-23/h3-10,15-16,27H,11-14H2,1-2H3. The van der Waals surface area contributed by atoms with Crippen molar-refractivity contribution in [3.8, 4) is 0 Å². The lowest BCUT2D eigenvalue weighted by Gasteiger charge is -2.35. The van der Waals surface area contributed by atoms with Crippen LogP contribution >= 0.6 is 11.6 Å². The first-order chi connectivity index (χ1) is 15.7. The third-order valence-corrected chi connectivity index (χ3v) is 7.26. The third kappa shape index (κ3) is 5.29. The average molecular weight is 485 g/mol. The van der Waals surface area contributed by atoms with Crippen molar-refractivity contribution in [1.82, 2.24) is 9.88 Å². The van der Waals surface area contributed by atoms with Gasteiger partial charge in [-0.1, -0.05) is 35.4 Å². The number of halogens is 1. The van der Waals surface area contributed by atoms with E-state index in [1.54, 1.807) is 35.4 Å². The van der Waals surface area contributed by atoms with Gasteiger partial charge < -0.3 is 9.80 Å². The number of pyridine rings is 1. The number of aromatic nitrogens is 1. The minimum absolute atomic E-state index is 0.0565. The Bertz CT molecular complexity index is 1250. The van der Waals surface area contributed by atoms with Gasteiger partial charge in [-0.2, -0.15) is 0 Å². The van der Waals surface area contributed by atoms with Gasteiger partial charge in [0.1, 0.15) is 5.82 Å². The molecule has 2 heterocycles. The number of sulfonamides is 1. The van der Waals surface area contributed by atoms with Crippen LogP contribution in [-0.4, -0.2) is 50.4 Å². The number of aryl methyl sites for hydroxylation is 2. The summed E-state index contributed by atoms with van der Waals surface area (Å²) in [4.78, 5) is 21.5. The lowest BCUT2D eigenvalue weighted by molar-refractivity contribution is 0.0745. The zero-order valence-electron chi connectivity index (χ0n) is 18.5. The second kappa shape index (κ2) is 9.41. The smallest absolute Gasteiger partial charge is 0.261 e. The zero-order chi connectivity index (χ0) is 23.6. The molecule has 0 saturated carbocycles. The monoisotopic (exact) mass is 484 g/mol. The van der Waals surface area contributed by atoms with Crippen molar-refractivity contribution < 1.29 is 13.2 Å². The number of nitrogens with zero attached hydrogens (tertiary/aromatic N) is 3. The molecular weight excluding hydrogens is 460 g/mol. The van der Waals surface area contributed by atoms with E-state index in [1.807, 2.05) is 32.0 Å². The SMILES string of the molecule is Cc1ccc(NS(=O)(=O)c2ccc(C)c(C(=O)N3CCN(c4ccc(Cl)cn4)CC3)c2)cc1. The van der Waals surface area contributed by atoms with E-state index >= 15 is 0 Å². The molecule has 4 rings (SSSR count). The van der Waals surface area contributed by atoms with Crippen LogP contribution in [0.2, 0.25) is 5.02 Å². The molecule has 0 bridgehead atoms. The van der Waals surface area contributed by atoms with Gasteiger partial charge in [0.05, 0.1) is 9.92 Å². The number of carbonyl (C=O) groups excluding carboxylic acids is 1. The van der Waals surface area contributed by atoms with Gasteiger partial charge in [0.2, 0.25) is 0 Å². The molecule has 1 N–H and O–H groups in total. The van der Waals surface area contributed by atoms with E-state index in [4.69, 9.17) is 11.6 Å². The van der Waals surface area contributed by atoms with Crippen LogP contribution in [0.4, 0.5) is 11.5 Å². The van der Waals surface area contributed by atoms with E-state index in [0.717, 1.165) is 16.9 Å². The Morgan fingerprint density at radius 3 is 2.30 bits per heavy atom. The highest BCUT2D eigenvalue weighted by molar-refractivity contribution is 7.92. The van der Waals surface area contributed by atoms with Gasteiger partial charge in [0, 0.05) is 43.6 Å². The summed E-state index contributed by atoms with van der Waals surface area (Å²) in [5.41, 5.74) is 2.63. The summed E-state index contributed by atoms with van der Waals surface area (Å²) < 4.78 is 28.4. The summed E-state index contributed by atoms with van der Waals surface area (Å²) >= 11 is 5.91. The lowest BCUT2D eigenvalue weighted by Crippen LogP contribution is -2.49. The van der Waals surface area contributed by atoms with Crippen molar-refractivity contribution in [3.63, 3.8) is 0 Å². The lowest BCUT2D eigenvalue weighted by atomic mass is 10.1. The molecule has 1 saturated heterocycles. The number of nitrogens with one attached hydrogen (secondary N) is 1. The van der Waals surface area contributed by atoms with Crippen LogP contribution in [0.1, 0.15) is 21.5 Å². The summed E-state index contributed by atoms with van der Waals surface area (Å²) in [5, 5.41) is 0.578. The van der Waals surface area contributed by atoms with E-state index in [9.17, 15) is 13.2 Å². The molecule has 7 nitrogen and oxygen atoms in total. The number of amides is 1. The molecule has 0 radical (unpaired) electrons. The predicted octanol–water partition coefficient (Wildman–Crippen LogP) is 4.12. The highest BCUT2D eigenvalue weighted by Gasteiger charge is 2.25. The van der Waals surface area contributed by atoms with E-state index in [-0.39, 0.29) is 10.8 Å². The van der Waals surface area contributed by atoms with Gasteiger partial charge in [0.15, 0.2) is 0 Å². The van der Waals surface area contributed by atoms with Crippen LogP contribution in [0, 0.1) is 13.8 Å². The fourth-order valence-electron chi connectivity index (χ4n) is 3.70. The third-order valence-electron chi connectivity index (χ3n) is 5.66. The first-order valence-electron chi connectivity index (χ1n) is 10.6. The zero-order valence-corrected chi connectivity index (χ0v) is 20.0. The van der Waals surface area contributed by atoms with Crippen LogP contribution in [0.5, 0.6) is 0 Å². The molecule has 33 heavy (non-hydrogen) atoms. The second-order valence-corrected chi connectivity index (χ2v) is 10.2. The summed E-state index contributed by atoms with van der Waals surface area (Å²) in [5.74, 6) is 0.640. The van der Waals surface area contributed by atoms with Crippen molar-refractivity contribution in [2.24, 2.45) is 0 Å². The number of piperazine rings is 1. The second-order valence-electron chi connectivity index (χ2n) is 8.06. The molecule has 0 aliphatic carbocycles. The molecule has 1 fully saturated rings. The fraction of sp³-hybridized carbons (Fsp3) is 0.250. The van der Waals surface area contributed by atoms with E-state index in [2.05, 4.69) is 14.6 Å². The first kappa shape index (κ1) is 23.1. The molecule has 0 unspecified atom stereocenters. The Balaban J connectivity index is 1.48. The number of hydrogen-bond donors (Lipinski definition) is 1. The molecule has 9 heteroatoms. The van der Waals surface area contributed by atoms with E-state index < -0.39 is 10.0 Å². The first-order valence-corrected chi connectivity index (χ1v) is 12.4. The predicted molar refractivity (Wildman–Crippen MR) is 131 cm³/mol. The number of rotatable bonds is 5. The largest absolute Gasteiger partial charge is 0.353 e.